The number of aromatic carboxylic acids is 1. The van der Waals surface area contributed by atoms with Gasteiger partial charge in [-0.2, -0.15) is 4.98 Å². The number of hydrogen-bond acceptors (Lipinski definition) is 6. The molecule has 3 N–H and O–H groups in total. The van der Waals surface area contributed by atoms with Crippen molar-refractivity contribution in [2.45, 2.75) is 6.92 Å². The molecule has 3 heterocycles. The van der Waals surface area contributed by atoms with Crippen LogP contribution in [0.5, 0.6) is 5.88 Å². The number of carboxylic acid groups (broad SMARTS) is 1. The number of nitrogen functional groups attached to an aromatic ring is 1. The Morgan fingerprint density at radius 3 is 3.00 bits per heavy atom. The molecule has 0 radical (unpaired) electrons. The van der Waals surface area contributed by atoms with Gasteiger partial charge in [0.05, 0.1) is 11.2 Å². The van der Waals surface area contributed by atoms with Crippen LogP contribution in [0.4, 0.5) is 5.95 Å². The summed E-state index contributed by atoms with van der Waals surface area (Å²) in [5, 5.41) is 13.3. The topological polar surface area (TPSA) is 116 Å². The number of aryl methyl sites for hydroxylation is 1. The van der Waals surface area contributed by atoms with Gasteiger partial charge < -0.3 is 15.6 Å². The van der Waals surface area contributed by atoms with Crippen molar-refractivity contribution in [3.8, 4) is 17.0 Å². The van der Waals surface area contributed by atoms with Gasteiger partial charge in [0.25, 0.3) is 0 Å². The van der Waals surface area contributed by atoms with Crippen LogP contribution in [-0.2, 0) is 0 Å². The molecule has 0 saturated carbocycles. The van der Waals surface area contributed by atoms with E-state index < -0.39 is 18.9 Å². The molecule has 22 heavy (non-hydrogen) atoms. The van der Waals surface area contributed by atoms with Crippen molar-refractivity contribution in [3.05, 3.63) is 35.7 Å². The molecule has 0 aromatic carbocycles. The van der Waals surface area contributed by atoms with Crippen LogP contribution in [0.1, 0.15) is 20.2 Å². The molecule has 0 unspecified atom stereocenters. The van der Waals surface area contributed by atoms with Gasteiger partial charge in [0, 0.05) is 17.5 Å². The largest absolute Gasteiger partial charge is 0.480 e. The Labute approximate surface area is 129 Å². The summed E-state index contributed by atoms with van der Waals surface area (Å²) in [6.45, 7) is 1.62. The number of pyridine rings is 2. The van der Waals surface area contributed by atoms with E-state index in [9.17, 15) is 9.90 Å². The second-order valence-electron chi connectivity index (χ2n) is 4.57. The Bertz CT molecular complexity index is 984. The van der Waals surface area contributed by atoms with Crippen LogP contribution >= 0.6 is 0 Å². The zero-order valence-corrected chi connectivity index (χ0v) is 11.4. The van der Waals surface area contributed by atoms with Crippen LogP contribution < -0.4 is 10.5 Å². The zero-order valence-electron chi connectivity index (χ0n) is 14.4. The summed E-state index contributed by atoms with van der Waals surface area (Å²) in [7, 11) is -2.80. The highest BCUT2D eigenvalue weighted by atomic mass is 16.5. The first-order valence-electron chi connectivity index (χ1n) is 7.70. The predicted molar refractivity (Wildman–Crippen MR) is 78.9 cm³/mol. The molecule has 0 aliphatic rings. The lowest BCUT2D eigenvalue weighted by Gasteiger charge is -2.10. The van der Waals surface area contributed by atoms with Crippen LogP contribution in [0.3, 0.4) is 0 Å². The average molecular weight is 302 g/mol. The van der Waals surface area contributed by atoms with Crippen LogP contribution in [0.2, 0.25) is 0 Å². The third-order valence-electron chi connectivity index (χ3n) is 3.17. The normalized spacial score (nSPS) is 13.4. The monoisotopic (exact) mass is 302 g/mol. The highest BCUT2D eigenvalue weighted by Gasteiger charge is 2.17. The Hall–Kier alpha value is -3.16. The highest BCUT2D eigenvalue weighted by molar-refractivity contribution is 5.92. The number of hydrogen-bond donors (Lipinski definition) is 2. The number of aromatic nitrogens is 4. The number of rotatable bonds is 3. The Balaban J connectivity index is 2.14. The number of fused-ring (bicyclic) bond motifs is 1. The van der Waals surface area contributed by atoms with Gasteiger partial charge in [-0.3, -0.25) is 0 Å². The SMILES string of the molecule is [2H]C([2H])([2H])Oc1nc(C)c(-c2ccn3nc(N)nc3c2)cc1C(=O)O. The Kier molecular flexibility index (Phi) is 2.39. The number of methoxy groups -OCH3 is 1. The lowest BCUT2D eigenvalue weighted by atomic mass is 10.0. The standard InChI is InChI=1S/C14H13N5O3/c1-7-9(6-10(13(20)21)12(16-7)22-2)8-3-4-19-11(5-8)17-14(15)18-19/h3-6H,1-2H3,(H2,15,18)(H,20,21)/i2D3. The van der Waals surface area contributed by atoms with Gasteiger partial charge in [-0.15, -0.1) is 5.10 Å². The third kappa shape index (κ3) is 2.20. The van der Waals surface area contributed by atoms with Crippen LogP contribution in [0.15, 0.2) is 24.4 Å². The Morgan fingerprint density at radius 1 is 1.45 bits per heavy atom. The van der Waals surface area contributed by atoms with Crippen molar-refractivity contribution >= 4 is 17.6 Å². The van der Waals surface area contributed by atoms with Crippen molar-refractivity contribution < 1.29 is 18.8 Å². The number of carboxylic acids is 1. The lowest BCUT2D eigenvalue weighted by Crippen LogP contribution is -2.05. The van der Waals surface area contributed by atoms with Crippen molar-refractivity contribution in [1.82, 2.24) is 19.6 Å². The van der Waals surface area contributed by atoms with Gasteiger partial charge in [0.1, 0.15) is 5.56 Å². The minimum absolute atomic E-state index is 0.111. The summed E-state index contributed by atoms with van der Waals surface area (Å²) in [5.41, 5.74) is 7.22. The first-order valence-corrected chi connectivity index (χ1v) is 6.20. The molecular weight excluding hydrogens is 286 g/mol. The van der Waals surface area contributed by atoms with Crippen molar-refractivity contribution in [3.63, 3.8) is 0 Å². The molecule has 112 valence electrons. The quantitative estimate of drug-likeness (QED) is 0.751. The molecule has 3 aromatic rings. The van der Waals surface area contributed by atoms with Gasteiger partial charge in [-0.05, 0) is 30.7 Å². The van der Waals surface area contributed by atoms with E-state index in [1.165, 1.54) is 10.6 Å². The van der Waals surface area contributed by atoms with Crippen LogP contribution in [0, 0.1) is 6.92 Å². The first-order chi connectivity index (χ1) is 11.6. The fourth-order valence-corrected chi connectivity index (χ4v) is 2.17. The first kappa shape index (κ1) is 10.6. The molecular formula is C14H13N5O3. The summed E-state index contributed by atoms with van der Waals surface area (Å²) in [5.74, 6) is -1.69. The van der Waals surface area contributed by atoms with Crippen molar-refractivity contribution in [2.24, 2.45) is 0 Å². The van der Waals surface area contributed by atoms with E-state index >= 15 is 0 Å². The molecule has 0 aliphatic carbocycles. The highest BCUT2D eigenvalue weighted by Crippen LogP contribution is 2.28. The number of nitrogens with zero attached hydrogens (tertiary/aromatic N) is 4. The number of carbonyl (C=O) groups is 1. The summed E-state index contributed by atoms with van der Waals surface area (Å²) >= 11 is 0. The van der Waals surface area contributed by atoms with E-state index in [4.69, 9.17) is 14.6 Å². The number of ether oxygens (including phenoxy) is 1. The number of anilines is 1. The molecule has 0 aliphatic heterocycles. The van der Waals surface area contributed by atoms with E-state index in [0.29, 0.717) is 22.5 Å². The van der Waals surface area contributed by atoms with Gasteiger partial charge in [-0.1, -0.05) is 0 Å². The van der Waals surface area contributed by atoms with Gasteiger partial charge in [-0.25, -0.2) is 14.3 Å². The lowest BCUT2D eigenvalue weighted by molar-refractivity contribution is 0.0692. The van der Waals surface area contributed by atoms with E-state index in [-0.39, 0.29) is 11.5 Å². The van der Waals surface area contributed by atoms with Gasteiger partial charge in [0.2, 0.25) is 11.8 Å². The number of nitrogens with two attached hydrogens (primary N) is 1. The average Bonchev–Trinajstić information content (AvgIpc) is 2.84. The molecule has 8 heteroatoms. The molecule has 0 atom stereocenters. The summed E-state index contributed by atoms with van der Waals surface area (Å²) in [6.07, 6.45) is 1.63. The molecule has 3 rings (SSSR count). The second kappa shape index (κ2) is 4.99. The summed E-state index contributed by atoms with van der Waals surface area (Å²) < 4.78 is 27.6. The summed E-state index contributed by atoms with van der Waals surface area (Å²) in [6, 6.07) is 4.68. The molecule has 0 spiro atoms. The molecule has 8 nitrogen and oxygen atoms in total. The molecule has 0 fully saturated rings. The van der Waals surface area contributed by atoms with Crippen molar-refractivity contribution in [2.75, 3.05) is 12.8 Å². The molecule has 3 aromatic heterocycles. The third-order valence-corrected chi connectivity index (χ3v) is 3.17. The molecule has 0 bridgehead atoms. The molecule has 0 amide bonds. The van der Waals surface area contributed by atoms with E-state index in [2.05, 4.69) is 15.1 Å². The van der Waals surface area contributed by atoms with Crippen molar-refractivity contribution in [1.29, 1.82) is 0 Å². The second-order valence-corrected chi connectivity index (χ2v) is 4.57. The predicted octanol–water partition coefficient (Wildman–Crippen LogP) is 1.39. The van der Waals surface area contributed by atoms with E-state index in [0.717, 1.165) is 0 Å². The maximum atomic E-state index is 11.5. The summed E-state index contributed by atoms with van der Waals surface area (Å²) in [4.78, 5) is 19.5. The van der Waals surface area contributed by atoms with Crippen LogP contribution in [-0.4, -0.2) is 37.7 Å². The zero-order chi connectivity index (χ0) is 18.4. The smallest absolute Gasteiger partial charge is 0.341 e. The minimum Gasteiger partial charge on any atom is -0.480 e. The maximum absolute atomic E-state index is 11.5. The maximum Gasteiger partial charge on any atom is 0.341 e. The van der Waals surface area contributed by atoms with E-state index in [1.54, 1.807) is 25.3 Å². The molecule has 0 saturated heterocycles. The van der Waals surface area contributed by atoms with Gasteiger partial charge in [0.15, 0.2) is 5.65 Å². The fourth-order valence-electron chi connectivity index (χ4n) is 2.17. The minimum atomic E-state index is -2.80. The Morgan fingerprint density at radius 2 is 2.27 bits per heavy atom. The fraction of sp³-hybridized carbons (Fsp3) is 0.143. The van der Waals surface area contributed by atoms with Crippen LogP contribution in [0.25, 0.3) is 16.8 Å². The van der Waals surface area contributed by atoms with Gasteiger partial charge >= 0.3 is 5.97 Å². The van der Waals surface area contributed by atoms with E-state index in [1.807, 2.05) is 0 Å².